The van der Waals surface area contributed by atoms with E-state index in [4.69, 9.17) is 9.47 Å². The van der Waals surface area contributed by atoms with E-state index in [1.165, 1.54) is 0 Å². The van der Waals surface area contributed by atoms with Gasteiger partial charge in [-0.2, -0.15) is 0 Å². The first-order valence-electron chi connectivity index (χ1n) is 12.5. The average molecular weight is 498 g/mol. The van der Waals surface area contributed by atoms with Gasteiger partial charge in [0.05, 0.1) is 11.7 Å². The summed E-state index contributed by atoms with van der Waals surface area (Å²) in [5.41, 5.74) is 2.13. The second-order valence-electron chi connectivity index (χ2n) is 9.48. The standard InChI is InChI=1S/C27H39N5O4/c1-6-11-29-27(34)30-22-9-10-23-24(13-22)36-18-20(3)32(16-21-8-7-12-28-14-21)15-19(2)25(35-5)17-31(4)26(23)33/h7-10,12-14,19-20,25H,6,11,15-18H2,1-5H3,(H2,29,30,34)/t19-,20-,25-/m1/s1. The number of aromatic nitrogens is 1. The molecule has 1 aromatic carbocycles. The van der Waals surface area contributed by atoms with Crippen molar-refractivity contribution in [3.05, 3.63) is 53.9 Å². The number of ether oxygens (including phenoxy) is 2. The molecule has 1 aliphatic rings. The second-order valence-corrected chi connectivity index (χ2v) is 9.48. The molecular formula is C27H39N5O4. The number of hydrogen-bond donors (Lipinski definition) is 2. The lowest BCUT2D eigenvalue weighted by atomic mass is 10.0. The highest BCUT2D eigenvalue weighted by atomic mass is 16.5. The number of carbonyl (C=O) groups is 2. The van der Waals surface area contributed by atoms with Crippen LogP contribution in [0.5, 0.6) is 5.75 Å². The van der Waals surface area contributed by atoms with E-state index in [0.29, 0.717) is 36.7 Å². The van der Waals surface area contributed by atoms with E-state index in [0.717, 1.165) is 25.1 Å². The summed E-state index contributed by atoms with van der Waals surface area (Å²) in [6, 6.07) is 8.91. The number of nitrogens with one attached hydrogen (secondary N) is 2. The van der Waals surface area contributed by atoms with E-state index in [-0.39, 0.29) is 30.0 Å². The topological polar surface area (TPSA) is 96.0 Å². The molecule has 0 radical (unpaired) electrons. The molecular weight excluding hydrogens is 458 g/mol. The van der Waals surface area contributed by atoms with Crippen LogP contribution >= 0.6 is 0 Å². The Morgan fingerprint density at radius 2 is 2.06 bits per heavy atom. The van der Waals surface area contributed by atoms with Crippen LogP contribution in [0.3, 0.4) is 0 Å². The highest BCUT2D eigenvalue weighted by molar-refractivity contribution is 5.98. The number of rotatable bonds is 6. The number of hydrogen-bond acceptors (Lipinski definition) is 6. The second kappa shape index (κ2) is 13.2. The number of pyridine rings is 1. The molecule has 0 spiro atoms. The van der Waals surface area contributed by atoms with Gasteiger partial charge < -0.3 is 25.0 Å². The molecule has 0 fully saturated rings. The van der Waals surface area contributed by atoms with Crippen molar-refractivity contribution in [2.75, 3.05) is 45.7 Å². The van der Waals surface area contributed by atoms with Gasteiger partial charge in [-0.15, -0.1) is 0 Å². The summed E-state index contributed by atoms with van der Waals surface area (Å²) in [6.07, 6.45) is 4.37. The van der Waals surface area contributed by atoms with Gasteiger partial charge in [0.15, 0.2) is 0 Å². The molecule has 1 aliphatic heterocycles. The molecule has 2 heterocycles. The largest absolute Gasteiger partial charge is 0.491 e. The Balaban J connectivity index is 1.90. The zero-order chi connectivity index (χ0) is 26.1. The van der Waals surface area contributed by atoms with Crippen LogP contribution in [0.1, 0.15) is 43.1 Å². The first-order chi connectivity index (χ1) is 17.3. The van der Waals surface area contributed by atoms with Gasteiger partial charge in [-0.05, 0) is 43.0 Å². The molecule has 196 valence electrons. The van der Waals surface area contributed by atoms with Crippen LogP contribution in [0.25, 0.3) is 0 Å². The van der Waals surface area contributed by atoms with E-state index in [1.54, 1.807) is 43.5 Å². The molecule has 0 unspecified atom stereocenters. The number of benzene rings is 1. The minimum absolute atomic E-state index is 0.0507. The molecule has 36 heavy (non-hydrogen) atoms. The van der Waals surface area contributed by atoms with E-state index in [1.807, 2.05) is 19.2 Å². The third kappa shape index (κ3) is 7.41. The van der Waals surface area contributed by atoms with Gasteiger partial charge in [-0.3, -0.25) is 14.7 Å². The fourth-order valence-corrected chi connectivity index (χ4v) is 4.29. The van der Waals surface area contributed by atoms with Gasteiger partial charge >= 0.3 is 6.03 Å². The summed E-state index contributed by atoms with van der Waals surface area (Å²) in [6.45, 7) is 9.16. The summed E-state index contributed by atoms with van der Waals surface area (Å²) in [5, 5.41) is 5.61. The molecule has 3 amide bonds. The Bertz CT molecular complexity index is 1000. The summed E-state index contributed by atoms with van der Waals surface area (Å²) in [7, 11) is 3.47. The maximum Gasteiger partial charge on any atom is 0.319 e. The molecule has 3 rings (SSSR count). The Morgan fingerprint density at radius 3 is 2.75 bits per heavy atom. The zero-order valence-corrected chi connectivity index (χ0v) is 22.0. The lowest BCUT2D eigenvalue weighted by Crippen LogP contribution is -2.46. The molecule has 2 aromatic rings. The number of carbonyl (C=O) groups excluding carboxylic acids is 2. The van der Waals surface area contributed by atoms with Crippen molar-refractivity contribution in [2.45, 2.75) is 45.9 Å². The van der Waals surface area contributed by atoms with Gasteiger partial charge in [-0.1, -0.05) is 19.9 Å². The van der Waals surface area contributed by atoms with Gasteiger partial charge in [0.2, 0.25) is 0 Å². The van der Waals surface area contributed by atoms with Crippen LogP contribution in [0.15, 0.2) is 42.7 Å². The van der Waals surface area contributed by atoms with E-state index >= 15 is 0 Å². The quantitative estimate of drug-likeness (QED) is 0.633. The maximum atomic E-state index is 13.4. The van der Waals surface area contributed by atoms with Crippen molar-refractivity contribution >= 4 is 17.6 Å². The monoisotopic (exact) mass is 497 g/mol. The van der Waals surface area contributed by atoms with Crippen molar-refractivity contribution in [1.82, 2.24) is 20.1 Å². The Hall–Kier alpha value is -3.17. The number of likely N-dealkylation sites (N-methyl/N-ethyl adjacent to an activating group) is 1. The van der Waals surface area contributed by atoms with E-state index < -0.39 is 0 Å². The third-order valence-electron chi connectivity index (χ3n) is 6.48. The molecule has 9 heteroatoms. The van der Waals surface area contributed by atoms with Crippen LogP contribution < -0.4 is 15.4 Å². The van der Waals surface area contributed by atoms with E-state index in [9.17, 15) is 9.59 Å². The van der Waals surface area contributed by atoms with Gasteiger partial charge in [0.1, 0.15) is 12.4 Å². The fourth-order valence-electron chi connectivity index (χ4n) is 4.29. The zero-order valence-electron chi connectivity index (χ0n) is 22.0. The van der Waals surface area contributed by atoms with Crippen molar-refractivity contribution in [2.24, 2.45) is 5.92 Å². The van der Waals surface area contributed by atoms with Gasteiger partial charge in [0.25, 0.3) is 5.91 Å². The van der Waals surface area contributed by atoms with E-state index in [2.05, 4.69) is 40.4 Å². The maximum absolute atomic E-state index is 13.4. The fraction of sp³-hybridized carbons (Fsp3) is 0.519. The first-order valence-corrected chi connectivity index (χ1v) is 12.5. The lowest BCUT2D eigenvalue weighted by Gasteiger charge is -2.36. The van der Waals surface area contributed by atoms with Crippen LogP contribution in [-0.2, 0) is 11.3 Å². The highest BCUT2D eigenvalue weighted by Crippen LogP contribution is 2.27. The molecule has 1 aromatic heterocycles. The molecule has 0 saturated heterocycles. The predicted molar refractivity (Wildman–Crippen MR) is 140 cm³/mol. The highest BCUT2D eigenvalue weighted by Gasteiger charge is 2.28. The minimum Gasteiger partial charge on any atom is -0.491 e. The van der Waals surface area contributed by atoms with Crippen LogP contribution in [0.2, 0.25) is 0 Å². The number of urea groups is 1. The first kappa shape index (κ1) is 27.4. The average Bonchev–Trinajstić information content (AvgIpc) is 2.88. The van der Waals surface area contributed by atoms with Gasteiger partial charge in [0, 0.05) is 70.5 Å². The molecule has 0 aliphatic carbocycles. The number of methoxy groups -OCH3 is 1. The molecule has 9 nitrogen and oxygen atoms in total. The summed E-state index contributed by atoms with van der Waals surface area (Å²) in [5.74, 6) is 0.467. The number of nitrogens with zero attached hydrogens (tertiary/aromatic N) is 3. The Kier molecular flexibility index (Phi) is 10.1. The third-order valence-corrected chi connectivity index (χ3v) is 6.48. The van der Waals surface area contributed by atoms with Gasteiger partial charge in [-0.25, -0.2) is 4.79 Å². The minimum atomic E-state index is -0.290. The number of anilines is 1. The Labute approximate surface area is 214 Å². The smallest absolute Gasteiger partial charge is 0.319 e. The van der Waals surface area contributed by atoms with Crippen LogP contribution in [-0.4, -0.2) is 79.3 Å². The summed E-state index contributed by atoms with van der Waals surface area (Å²) in [4.78, 5) is 33.8. The van der Waals surface area contributed by atoms with Crippen molar-refractivity contribution < 1.29 is 19.1 Å². The molecule has 3 atom stereocenters. The molecule has 2 N–H and O–H groups in total. The van der Waals surface area contributed by atoms with Crippen molar-refractivity contribution in [1.29, 1.82) is 0 Å². The van der Waals surface area contributed by atoms with Crippen LogP contribution in [0.4, 0.5) is 10.5 Å². The number of amides is 3. The predicted octanol–water partition coefficient (Wildman–Crippen LogP) is 3.62. The lowest BCUT2D eigenvalue weighted by molar-refractivity contribution is 0.00920. The Morgan fingerprint density at radius 1 is 1.25 bits per heavy atom. The SMILES string of the molecule is CCCNC(=O)Nc1ccc2c(c1)OC[C@@H](C)N(Cc1cccnc1)C[C@@H](C)[C@H](OC)CN(C)C2=O. The number of fused-ring (bicyclic) bond motifs is 1. The normalized spacial score (nSPS) is 21.5. The van der Waals surface area contributed by atoms with Crippen molar-refractivity contribution in [3.8, 4) is 5.75 Å². The van der Waals surface area contributed by atoms with Crippen LogP contribution in [0, 0.1) is 5.92 Å². The molecule has 0 saturated carbocycles. The molecule has 0 bridgehead atoms. The summed E-state index contributed by atoms with van der Waals surface area (Å²) >= 11 is 0. The summed E-state index contributed by atoms with van der Waals surface area (Å²) < 4.78 is 12.1. The van der Waals surface area contributed by atoms with Crippen molar-refractivity contribution in [3.63, 3.8) is 0 Å².